The third kappa shape index (κ3) is 6.92. The number of anilines is 1. The number of rotatable bonds is 4. The fourth-order valence-electron chi connectivity index (χ4n) is 6.44. The van der Waals surface area contributed by atoms with Crippen molar-refractivity contribution < 1.29 is 38.1 Å². The number of aromatic hydroxyl groups is 1. The number of hydrogen-bond donors (Lipinski definition) is 3. The van der Waals surface area contributed by atoms with Crippen LogP contribution < -0.4 is 25.0 Å². The van der Waals surface area contributed by atoms with Gasteiger partial charge in [0.1, 0.15) is 23.3 Å². The molecule has 14 nitrogen and oxygen atoms in total. The largest absolute Gasteiger partial charge is 0.504 e. The molecule has 0 radical (unpaired) electrons. The summed E-state index contributed by atoms with van der Waals surface area (Å²) in [6.07, 6.45) is 2.19. The molecule has 14 heteroatoms. The Morgan fingerprint density at radius 2 is 1.90 bits per heavy atom. The highest BCUT2D eigenvalue weighted by Gasteiger charge is 2.40. The maximum absolute atomic E-state index is 13.7. The Balaban J connectivity index is 1.13. The number of amides is 3. The molecule has 2 aromatic heterocycles. The van der Waals surface area contributed by atoms with Crippen LogP contribution in [0.25, 0.3) is 11.5 Å². The van der Waals surface area contributed by atoms with E-state index in [1.165, 1.54) is 24.3 Å². The fraction of sp³-hybridized carbons (Fsp3) is 0.361. The first-order valence-corrected chi connectivity index (χ1v) is 16.6. The smallest absolute Gasteiger partial charge is 0.253 e. The number of phenols is 1. The molecule has 3 aliphatic heterocycles. The first-order valence-electron chi connectivity index (χ1n) is 16.6. The van der Waals surface area contributed by atoms with E-state index in [4.69, 9.17) is 18.6 Å². The molecule has 3 N–H and O–H groups in total. The second kappa shape index (κ2) is 14.1. The van der Waals surface area contributed by atoms with Crippen LogP contribution in [0.1, 0.15) is 40.2 Å². The summed E-state index contributed by atoms with van der Waals surface area (Å²) in [5.74, 6) is 1.52. The van der Waals surface area contributed by atoms with Gasteiger partial charge in [0.05, 0.1) is 32.4 Å². The van der Waals surface area contributed by atoms with Gasteiger partial charge in [-0.25, -0.2) is 9.97 Å². The van der Waals surface area contributed by atoms with E-state index in [0.717, 1.165) is 24.5 Å². The Hall–Kier alpha value is -5.63. The third-order valence-corrected chi connectivity index (χ3v) is 9.21. The van der Waals surface area contributed by atoms with Crippen LogP contribution >= 0.6 is 0 Å². The van der Waals surface area contributed by atoms with Gasteiger partial charge in [-0.15, -0.1) is 0 Å². The molecule has 2 saturated heterocycles. The van der Waals surface area contributed by atoms with Gasteiger partial charge in [0.25, 0.3) is 5.91 Å². The van der Waals surface area contributed by atoms with E-state index in [1.807, 2.05) is 6.07 Å². The van der Waals surface area contributed by atoms with E-state index >= 15 is 0 Å². The molecule has 0 spiro atoms. The topological polar surface area (TPSA) is 169 Å². The van der Waals surface area contributed by atoms with Gasteiger partial charge in [-0.05, 0) is 67.8 Å². The number of ether oxygens (including phenoxy) is 3. The Morgan fingerprint density at radius 1 is 1.06 bits per heavy atom. The lowest BCUT2D eigenvalue weighted by atomic mass is 10.1. The van der Waals surface area contributed by atoms with Gasteiger partial charge in [-0.1, -0.05) is 6.07 Å². The number of nitrogens with one attached hydrogen (secondary N) is 2. The molecule has 50 heavy (non-hydrogen) atoms. The summed E-state index contributed by atoms with van der Waals surface area (Å²) < 4.78 is 23.0. The van der Waals surface area contributed by atoms with Crippen LogP contribution in [0.15, 0.2) is 59.1 Å². The predicted octanol–water partition coefficient (Wildman–Crippen LogP) is 3.35. The zero-order valence-electron chi connectivity index (χ0n) is 27.8. The average Bonchev–Trinajstić information content (AvgIpc) is 3.74. The number of carbonyl (C=O) groups is 3. The van der Waals surface area contributed by atoms with E-state index in [0.29, 0.717) is 59.6 Å². The molecular formula is C36H38N6O8. The number of pyridine rings is 1. The minimum absolute atomic E-state index is 0.0723. The summed E-state index contributed by atoms with van der Waals surface area (Å²) in [5.41, 5.74) is 2.26. The number of aromatic nitrogens is 2. The number of methoxy groups -OCH3 is 1. The van der Waals surface area contributed by atoms with Crippen molar-refractivity contribution in [3.05, 3.63) is 77.3 Å². The summed E-state index contributed by atoms with van der Waals surface area (Å²) in [6, 6.07) is 12.3. The van der Waals surface area contributed by atoms with Crippen molar-refractivity contribution in [1.82, 2.24) is 25.5 Å². The van der Waals surface area contributed by atoms with E-state index in [2.05, 4.69) is 25.5 Å². The predicted molar refractivity (Wildman–Crippen MR) is 180 cm³/mol. The van der Waals surface area contributed by atoms with Gasteiger partial charge in [-0.3, -0.25) is 14.4 Å². The average molecular weight is 683 g/mol. The SMILES string of the molecule is COc1ccc2cc1Oc1cc(ccc1O)CCC(=O)N1C[C@@H](NC(=O)c3ccc(N4CCOCC4)nc3)C[C@H]1C(=O)NCc1nc-2oc1C. The van der Waals surface area contributed by atoms with Crippen LogP contribution in [0.2, 0.25) is 0 Å². The Kier molecular flexibility index (Phi) is 9.26. The molecule has 0 aliphatic carbocycles. The first-order chi connectivity index (χ1) is 24.2. The second-order valence-corrected chi connectivity index (χ2v) is 12.5. The molecule has 2 aromatic carbocycles. The minimum atomic E-state index is -0.817. The van der Waals surface area contributed by atoms with Gasteiger partial charge in [-0.2, -0.15) is 0 Å². The van der Waals surface area contributed by atoms with Gasteiger partial charge in [0.15, 0.2) is 23.0 Å². The maximum Gasteiger partial charge on any atom is 0.253 e. The molecule has 2 fully saturated rings. The number of aryl methyl sites for hydroxylation is 2. The van der Waals surface area contributed by atoms with Crippen LogP contribution in [-0.4, -0.2) is 89.7 Å². The Bertz CT molecular complexity index is 1900. The highest BCUT2D eigenvalue weighted by molar-refractivity contribution is 5.95. The number of phenolic OH excluding ortho intramolecular Hbond substituents is 1. The van der Waals surface area contributed by atoms with Crippen molar-refractivity contribution in [2.24, 2.45) is 0 Å². The Labute approximate surface area is 288 Å². The second-order valence-electron chi connectivity index (χ2n) is 12.5. The lowest BCUT2D eigenvalue weighted by Gasteiger charge is -2.27. The molecule has 4 aromatic rings. The van der Waals surface area contributed by atoms with E-state index in [-0.39, 0.29) is 55.2 Å². The Morgan fingerprint density at radius 3 is 2.68 bits per heavy atom. The zero-order chi connectivity index (χ0) is 34.8. The number of fused-ring (bicyclic) bond motifs is 8. The van der Waals surface area contributed by atoms with Gasteiger partial charge in [0, 0.05) is 43.9 Å². The van der Waals surface area contributed by atoms with Crippen LogP contribution in [0, 0.1) is 6.92 Å². The molecule has 5 heterocycles. The number of morpholine rings is 1. The molecule has 0 unspecified atom stereocenters. The maximum atomic E-state index is 13.7. The molecule has 0 saturated carbocycles. The highest BCUT2D eigenvalue weighted by Crippen LogP contribution is 2.39. The van der Waals surface area contributed by atoms with Gasteiger partial charge in [0.2, 0.25) is 17.7 Å². The molecule has 2 atom stereocenters. The quantitative estimate of drug-likeness (QED) is 0.289. The third-order valence-electron chi connectivity index (χ3n) is 9.21. The van der Waals surface area contributed by atoms with Crippen LogP contribution in [0.3, 0.4) is 0 Å². The number of hydrogen-bond acceptors (Lipinski definition) is 11. The molecule has 3 amide bonds. The molecular weight excluding hydrogens is 644 g/mol. The lowest BCUT2D eigenvalue weighted by molar-refractivity contribution is -0.138. The summed E-state index contributed by atoms with van der Waals surface area (Å²) in [4.78, 5) is 53.4. The number of carbonyl (C=O) groups excluding carboxylic acids is 3. The number of oxazole rings is 1. The molecule has 6 bridgehead atoms. The minimum Gasteiger partial charge on any atom is -0.504 e. The summed E-state index contributed by atoms with van der Waals surface area (Å²) in [6.45, 7) is 4.71. The van der Waals surface area contributed by atoms with Crippen molar-refractivity contribution in [3.8, 4) is 34.5 Å². The fourth-order valence-corrected chi connectivity index (χ4v) is 6.44. The number of nitrogens with zero attached hydrogens (tertiary/aromatic N) is 4. The van der Waals surface area contributed by atoms with Gasteiger partial charge >= 0.3 is 0 Å². The van der Waals surface area contributed by atoms with Crippen molar-refractivity contribution in [2.45, 2.75) is 44.8 Å². The standard InChI is InChI=1S/C36H38N6O8/c1-21-26-19-38-35(46)27-17-25(39-34(45)24-6-9-32(37-18-24)41-11-13-48-14-12-41)20-42(27)33(44)10-4-22-3-7-28(43)30(15-22)50-31-16-23(36(40-26)49-21)5-8-29(31)47-2/h3,5-9,15-16,18,25,27,43H,4,10-14,17,19-20H2,1-2H3,(H,38,46)(H,39,45)/t25-,27-/m0/s1. The monoisotopic (exact) mass is 682 g/mol. The summed E-state index contributed by atoms with van der Waals surface area (Å²) in [5, 5.41) is 16.6. The molecule has 260 valence electrons. The molecule has 3 aliphatic rings. The van der Waals surface area contributed by atoms with E-state index < -0.39 is 12.1 Å². The summed E-state index contributed by atoms with van der Waals surface area (Å²) in [7, 11) is 1.51. The van der Waals surface area contributed by atoms with Crippen molar-refractivity contribution >= 4 is 23.5 Å². The van der Waals surface area contributed by atoms with E-state index in [9.17, 15) is 19.5 Å². The lowest BCUT2D eigenvalue weighted by Crippen LogP contribution is -2.46. The zero-order valence-corrected chi connectivity index (χ0v) is 27.8. The normalized spacial score (nSPS) is 19.5. The summed E-state index contributed by atoms with van der Waals surface area (Å²) >= 11 is 0. The number of benzene rings is 2. The first kappa shape index (κ1) is 32.9. The van der Waals surface area contributed by atoms with Crippen molar-refractivity contribution in [3.63, 3.8) is 0 Å². The van der Waals surface area contributed by atoms with Crippen LogP contribution in [0.4, 0.5) is 5.82 Å². The van der Waals surface area contributed by atoms with E-state index in [1.54, 1.807) is 43.3 Å². The van der Waals surface area contributed by atoms with Gasteiger partial charge < -0.3 is 44.2 Å². The van der Waals surface area contributed by atoms with Crippen LogP contribution in [-0.2, 0) is 27.3 Å². The van der Waals surface area contributed by atoms with Crippen molar-refractivity contribution in [2.75, 3.05) is 44.9 Å². The van der Waals surface area contributed by atoms with Crippen molar-refractivity contribution in [1.29, 1.82) is 0 Å². The highest BCUT2D eigenvalue weighted by atomic mass is 16.5. The molecule has 7 rings (SSSR count). The van der Waals surface area contributed by atoms with Crippen LogP contribution in [0.5, 0.6) is 23.0 Å².